The zero-order valence-corrected chi connectivity index (χ0v) is 15.4. The van der Waals surface area contributed by atoms with E-state index in [9.17, 15) is 9.18 Å². The minimum absolute atomic E-state index is 0.236. The standard InChI is InChI=1S/C22H22FN3O/c1-15-3-8-20(16(2)13-15)26-22(27)21-14-19(10-12-25-21)24-11-9-17-4-6-18(23)7-5-17/h3-8,10,12-14H,9,11H2,1-2H3,(H,24,25)(H,26,27). The number of rotatable bonds is 6. The number of hydrogen-bond donors (Lipinski definition) is 2. The lowest BCUT2D eigenvalue weighted by Gasteiger charge is -2.10. The van der Waals surface area contributed by atoms with E-state index in [0.29, 0.717) is 12.2 Å². The molecule has 2 aromatic carbocycles. The highest BCUT2D eigenvalue weighted by Gasteiger charge is 2.10. The number of halogens is 1. The fourth-order valence-electron chi connectivity index (χ4n) is 2.81. The van der Waals surface area contributed by atoms with Crippen molar-refractivity contribution >= 4 is 17.3 Å². The first-order valence-corrected chi connectivity index (χ1v) is 8.84. The number of aryl methyl sites for hydroxylation is 2. The van der Waals surface area contributed by atoms with Crippen LogP contribution >= 0.6 is 0 Å². The van der Waals surface area contributed by atoms with Gasteiger partial charge in [0.15, 0.2) is 0 Å². The fraction of sp³-hybridized carbons (Fsp3) is 0.182. The molecule has 1 aromatic heterocycles. The van der Waals surface area contributed by atoms with Crippen LogP contribution < -0.4 is 10.6 Å². The first-order valence-electron chi connectivity index (χ1n) is 8.84. The van der Waals surface area contributed by atoms with Gasteiger partial charge in [0.05, 0.1) is 0 Å². The Morgan fingerprint density at radius 2 is 1.81 bits per heavy atom. The monoisotopic (exact) mass is 363 g/mol. The van der Waals surface area contributed by atoms with E-state index in [-0.39, 0.29) is 11.7 Å². The molecule has 0 fully saturated rings. The maximum absolute atomic E-state index is 12.9. The van der Waals surface area contributed by atoms with Gasteiger partial charge in [0, 0.05) is 24.1 Å². The van der Waals surface area contributed by atoms with Gasteiger partial charge in [-0.2, -0.15) is 0 Å². The molecule has 27 heavy (non-hydrogen) atoms. The predicted octanol–water partition coefficient (Wildman–Crippen LogP) is 4.74. The molecule has 3 rings (SSSR count). The molecule has 0 radical (unpaired) electrons. The number of carbonyl (C=O) groups is 1. The van der Waals surface area contributed by atoms with Crippen molar-refractivity contribution in [1.29, 1.82) is 0 Å². The zero-order valence-electron chi connectivity index (χ0n) is 15.4. The first kappa shape index (κ1) is 18.6. The highest BCUT2D eigenvalue weighted by molar-refractivity contribution is 6.03. The Kier molecular flexibility index (Phi) is 5.81. The van der Waals surface area contributed by atoms with Crippen LogP contribution in [0.3, 0.4) is 0 Å². The minimum atomic E-state index is -0.246. The summed E-state index contributed by atoms with van der Waals surface area (Å²) in [6.07, 6.45) is 2.36. The van der Waals surface area contributed by atoms with Crippen molar-refractivity contribution in [2.45, 2.75) is 20.3 Å². The summed E-state index contributed by atoms with van der Waals surface area (Å²) < 4.78 is 12.9. The Balaban J connectivity index is 1.60. The van der Waals surface area contributed by atoms with Crippen molar-refractivity contribution in [3.63, 3.8) is 0 Å². The highest BCUT2D eigenvalue weighted by atomic mass is 19.1. The summed E-state index contributed by atoms with van der Waals surface area (Å²) in [6, 6.07) is 15.9. The molecular weight excluding hydrogens is 341 g/mol. The van der Waals surface area contributed by atoms with Crippen molar-refractivity contribution in [3.8, 4) is 0 Å². The number of benzene rings is 2. The summed E-state index contributed by atoms with van der Waals surface area (Å²) >= 11 is 0. The van der Waals surface area contributed by atoms with Gasteiger partial charge in [-0.15, -0.1) is 0 Å². The molecule has 0 aliphatic rings. The van der Waals surface area contributed by atoms with Gasteiger partial charge in [-0.3, -0.25) is 9.78 Å². The summed E-state index contributed by atoms with van der Waals surface area (Å²) in [5, 5.41) is 6.18. The van der Waals surface area contributed by atoms with Crippen molar-refractivity contribution in [2.24, 2.45) is 0 Å². The Bertz CT molecular complexity index is 939. The third-order valence-corrected chi connectivity index (χ3v) is 4.28. The summed E-state index contributed by atoms with van der Waals surface area (Å²) in [6.45, 7) is 4.65. The van der Waals surface area contributed by atoms with Crippen LogP contribution in [0.15, 0.2) is 60.8 Å². The third-order valence-electron chi connectivity index (χ3n) is 4.28. The second-order valence-corrected chi connectivity index (χ2v) is 6.51. The minimum Gasteiger partial charge on any atom is -0.385 e. The lowest BCUT2D eigenvalue weighted by molar-refractivity contribution is 0.102. The third kappa shape index (κ3) is 5.14. The van der Waals surface area contributed by atoms with Gasteiger partial charge >= 0.3 is 0 Å². The second kappa shape index (κ2) is 8.45. The highest BCUT2D eigenvalue weighted by Crippen LogP contribution is 2.17. The van der Waals surface area contributed by atoms with Gasteiger partial charge in [-0.25, -0.2) is 4.39 Å². The van der Waals surface area contributed by atoms with Gasteiger partial charge in [-0.1, -0.05) is 29.8 Å². The van der Waals surface area contributed by atoms with E-state index in [0.717, 1.165) is 34.5 Å². The molecule has 3 aromatic rings. The number of anilines is 2. The molecule has 0 saturated heterocycles. The van der Waals surface area contributed by atoms with Gasteiger partial charge in [0.2, 0.25) is 0 Å². The first-order chi connectivity index (χ1) is 13.0. The number of pyridine rings is 1. The molecule has 0 atom stereocenters. The molecule has 5 heteroatoms. The van der Waals surface area contributed by atoms with E-state index in [1.165, 1.54) is 12.1 Å². The van der Waals surface area contributed by atoms with Crippen molar-refractivity contribution in [2.75, 3.05) is 17.2 Å². The number of nitrogens with one attached hydrogen (secondary N) is 2. The van der Waals surface area contributed by atoms with Crippen molar-refractivity contribution in [1.82, 2.24) is 4.98 Å². The normalized spacial score (nSPS) is 10.5. The molecule has 0 aliphatic carbocycles. The van der Waals surface area contributed by atoms with Crippen LogP contribution in [0, 0.1) is 19.7 Å². The zero-order chi connectivity index (χ0) is 19.2. The average molecular weight is 363 g/mol. The molecule has 138 valence electrons. The molecular formula is C22H22FN3O. The summed E-state index contributed by atoms with van der Waals surface area (Å²) in [5.41, 5.74) is 5.15. The molecule has 1 amide bonds. The maximum atomic E-state index is 12.9. The number of hydrogen-bond acceptors (Lipinski definition) is 3. The molecule has 0 saturated carbocycles. The van der Waals surface area contributed by atoms with Gasteiger partial charge < -0.3 is 10.6 Å². The Hall–Kier alpha value is -3.21. The smallest absolute Gasteiger partial charge is 0.274 e. The van der Waals surface area contributed by atoms with Gasteiger partial charge in [-0.05, 0) is 61.7 Å². The van der Waals surface area contributed by atoms with Crippen LogP contribution in [0.2, 0.25) is 0 Å². The molecule has 0 bridgehead atoms. The van der Waals surface area contributed by atoms with E-state index < -0.39 is 0 Å². The molecule has 0 unspecified atom stereocenters. The van der Waals surface area contributed by atoms with E-state index in [1.54, 1.807) is 24.4 Å². The predicted molar refractivity (Wildman–Crippen MR) is 107 cm³/mol. The average Bonchev–Trinajstić information content (AvgIpc) is 2.66. The fourth-order valence-corrected chi connectivity index (χ4v) is 2.81. The van der Waals surface area contributed by atoms with Gasteiger partial charge in [0.1, 0.15) is 11.5 Å². The van der Waals surface area contributed by atoms with Crippen LogP contribution in [0.1, 0.15) is 27.2 Å². The van der Waals surface area contributed by atoms with Crippen LogP contribution in [0.4, 0.5) is 15.8 Å². The van der Waals surface area contributed by atoms with Crippen LogP contribution in [-0.4, -0.2) is 17.4 Å². The lowest BCUT2D eigenvalue weighted by Crippen LogP contribution is -2.15. The van der Waals surface area contributed by atoms with E-state index in [1.807, 2.05) is 38.1 Å². The number of aromatic nitrogens is 1. The largest absolute Gasteiger partial charge is 0.385 e. The maximum Gasteiger partial charge on any atom is 0.274 e. The quantitative estimate of drug-likeness (QED) is 0.665. The van der Waals surface area contributed by atoms with Crippen molar-refractivity contribution in [3.05, 3.63) is 89.0 Å². The van der Waals surface area contributed by atoms with Crippen LogP contribution in [0.5, 0.6) is 0 Å². The van der Waals surface area contributed by atoms with E-state index in [2.05, 4.69) is 15.6 Å². The summed E-state index contributed by atoms with van der Waals surface area (Å²) in [7, 11) is 0. The van der Waals surface area contributed by atoms with Gasteiger partial charge in [0.25, 0.3) is 5.91 Å². The number of amides is 1. The Morgan fingerprint density at radius 1 is 1.04 bits per heavy atom. The number of nitrogens with zero attached hydrogens (tertiary/aromatic N) is 1. The van der Waals surface area contributed by atoms with E-state index in [4.69, 9.17) is 0 Å². The lowest BCUT2D eigenvalue weighted by atomic mass is 10.1. The van der Waals surface area contributed by atoms with E-state index >= 15 is 0 Å². The molecule has 4 nitrogen and oxygen atoms in total. The Morgan fingerprint density at radius 3 is 2.56 bits per heavy atom. The summed E-state index contributed by atoms with van der Waals surface area (Å²) in [4.78, 5) is 16.7. The second-order valence-electron chi connectivity index (χ2n) is 6.51. The molecule has 2 N–H and O–H groups in total. The van der Waals surface area contributed by atoms with Crippen LogP contribution in [0.25, 0.3) is 0 Å². The molecule has 1 heterocycles. The Labute approximate surface area is 158 Å². The molecule has 0 spiro atoms. The van der Waals surface area contributed by atoms with Crippen molar-refractivity contribution < 1.29 is 9.18 Å². The SMILES string of the molecule is Cc1ccc(NC(=O)c2cc(NCCc3ccc(F)cc3)ccn2)c(C)c1. The van der Waals surface area contributed by atoms with Crippen LogP contribution in [-0.2, 0) is 6.42 Å². The number of carbonyl (C=O) groups excluding carboxylic acids is 1. The summed E-state index contributed by atoms with van der Waals surface area (Å²) in [5.74, 6) is -0.482. The molecule has 0 aliphatic heterocycles. The topological polar surface area (TPSA) is 54.0 Å².